The Labute approximate surface area is 327 Å². The maximum Gasteiger partial charge on any atom is 1.00 e. The van der Waals surface area contributed by atoms with E-state index in [1.807, 2.05) is 0 Å². The van der Waals surface area contributed by atoms with Gasteiger partial charge in [0.1, 0.15) is 0 Å². The predicted molar refractivity (Wildman–Crippen MR) is 194 cm³/mol. The Balaban J connectivity index is 0. The minimum Gasteiger partial charge on any atom is -0.550 e. The molecule has 0 heterocycles. The summed E-state index contributed by atoms with van der Waals surface area (Å²) in [4.78, 5) is 13.4. The van der Waals surface area contributed by atoms with Crippen molar-refractivity contribution < 1.29 is 61.3 Å². The summed E-state index contributed by atoms with van der Waals surface area (Å²) in [5.41, 5.74) is 0. The number of unbranched alkanes of at least 4 members (excludes halogenated alkanes) is 31. The van der Waals surface area contributed by atoms with Crippen LogP contribution in [0.1, 0.15) is 239 Å². The van der Waals surface area contributed by atoms with Gasteiger partial charge in [-0.3, -0.25) is 0 Å². The molecule has 0 N–H and O–H groups in total. The van der Waals surface area contributed by atoms with Crippen molar-refractivity contribution in [1.82, 2.24) is 4.90 Å². The van der Waals surface area contributed by atoms with E-state index in [9.17, 15) is 9.90 Å². The molecular formula is C41H82KNO2. The van der Waals surface area contributed by atoms with Gasteiger partial charge in [-0.25, -0.2) is 0 Å². The molecule has 0 aromatic carbocycles. The third-order valence-electron chi connectivity index (χ3n) is 9.76. The number of carbonyl (C=O) groups excluding carboxylic acids is 1. The standard InChI is InChI=1S/C41H83NO2.K/c1-3-5-7-9-11-13-15-17-19-21-23-25-27-29-31-34-38-42(40-36-33-37-41(43)44)39-35-32-30-28-26-24-22-20-18-16-14-12-10-8-6-4-2;/h3-40H2,1-2H3,(H,43,44);/q;+1/p-1. The van der Waals surface area contributed by atoms with Crippen LogP contribution < -0.4 is 56.5 Å². The Hall–Kier alpha value is 1.07. The molecule has 0 unspecified atom stereocenters. The molecule has 0 aliphatic heterocycles. The fraction of sp³-hybridized carbons (Fsp3) is 0.976. The number of aliphatic carboxylic acids is 1. The maximum absolute atomic E-state index is 10.8. The number of hydrogen-bond acceptors (Lipinski definition) is 3. The van der Waals surface area contributed by atoms with Gasteiger partial charge in [0.25, 0.3) is 0 Å². The van der Waals surface area contributed by atoms with Gasteiger partial charge >= 0.3 is 51.4 Å². The minimum absolute atomic E-state index is 0. The number of rotatable bonds is 39. The second kappa shape index (κ2) is 43.1. The zero-order valence-corrected chi connectivity index (χ0v) is 34.8. The van der Waals surface area contributed by atoms with Gasteiger partial charge in [0.2, 0.25) is 0 Å². The van der Waals surface area contributed by atoms with Crippen LogP contribution in [-0.4, -0.2) is 30.5 Å². The van der Waals surface area contributed by atoms with Crippen LogP contribution >= 0.6 is 0 Å². The topological polar surface area (TPSA) is 43.4 Å². The Morgan fingerprint density at radius 3 is 0.778 bits per heavy atom. The summed E-state index contributed by atoms with van der Waals surface area (Å²) in [6.07, 6.45) is 47.3. The molecule has 0 aliphatic carbocycles. The molecule has 0 aromatic rings. The number of nitrogens with zero attached hydrogens (tertiary/aromatic N) is 1. The van der Waals surface area contributed by atoms with Crippen molar-refractivity contribution in [3.05, 3.63) is 0 Å². The average molecular weight is 660 g/mol. The van der Waals surface area contributed by atoms with Crippen molar-refractivity contribution in [3.63, 3.8) is 0 Å². The van der Waals surface area contributed by atoms with Crippen molar-refractivity contribution in [2.45, 2.75) is 239 Å². The molecular weight excluding hydrogens is 578 g/mol. The van der Waals surface area contributed by atoms with Gasteiger partial charge in [-0.05, 0) is 51.7 Å². The SMILES string of the molecule is CCCCCCCCCCCCCCCCCCN(CCCCCCCCCCCCCCCCCC)CCCCC(=O)[O-].[K+]. The molecule has 0 radical (unpaired) electrons. The van der Waals surface area contributed by atoms with Gasteiger partial charge in [0, 0.05) is 5.97 Å². The quantitative estimate of drug-likeness (QED) is 0.0487. The van der Waals surface area contributed by atoms with E-state index in [0.29, 0.717) is 0 Å². The number of carbonyl (C=O) groups is 1. The van der Waals surface area contributed by atoms with Crippen LogP contribution in [0.25, 0.3) is 0 Å². The fourth-order valence-corrected chi connectivity index (χ4v) is 6.71. The number of carboxylic acids is 1. The van der Waals surface area contributed by atoms with Crippen molar-refractivity contribution in [3.8, 4) is 0 Å². The Bertz CT molecular complexity index is 508. The van der Waals surface area contributed by atoms with Crippen LogP contribution in [0.5, 0.6) is 0 Å². The Morgan fingerprint density at radius 1 is 0.356 bits per heavy atom. The molecule has 0 bridgehead atoms. The van der Waals surface area contributed by atoms with E-state index in [1.165, 1.54) is 219 Å². The summed E-state index contributed by atoms with van der Waals surface area (Å²) >= 11 is 0. The van der Waals surface area contributed by atoms with Crippen LogP contribution in [0.15, 0.2) is 0 Å². The predicted octanol–water partition coefficient (Wildman–Crippen LogP) is 9.74. The first-order valence-corrected chi connectivity index (χ1v) is 20.6. The number of hydrogen-bond donors (Lipinski definition) is 0. The van der Waals surface area contributed by atoms with Crippen molar-refractivity contribution in [1.29, 1.82) is 0 Å². The second-order valence-electron chi connectivity index (χ2n) is 14.3. The van der Waals surface area contributed by atoms with E-state index >= 15 is 0 Å². The van der Waals surface area contributed by atoms with Crippen molar-refractivity contribution in [2.24, 2.45) is 0 Å². The third-order valence-corrected chi connectivity index (χ3v) is 9.76. The van der Waals surface area contributed by atoms with E-state index in [4.69, 9.17) is 0 Å². The molecule has 0 fully saturated rings. The summed E-state index contributed by atoms with van der Waals surface area (Å²) in [5.74, 6) is -0.896. The first kappa shape index (κ1) is 48.2. The largest absolute Gasteiger partial charge is 1.00 e. The van der Waals surface area contributed by atoms with E-state index in [0.717, 1.165) is 19.4 Å². The van der Waals surface area contributed by atoms with Gasteiger partial charge in [0.05, 0.1) is 0 Å². The van der Waals surface area contributed by atoms with Crippen molar-refractivity contribution >= 4 is 5.97 Å². The van der Waals surface area contributed by atoms with Crippen LogP contribution in [0, 0.1) is 0 Å². The summed E-state index contributed by atoms with van der Waals surface area (Å²) in [5, 5.41) is 10.8. The molecule has 0 saturated heterocycles. The summed E-state index contributed by atoms with van der Waals surface area (Å²) < 4.78 is 0. The second-order valence-corrected chi connectivity index (χ2v) is 14.3. The monoisotopic (exact) mass is 660 g/mol. The van der Waals surface area contributed by atoms with E-state index in [1.54, 1.807) is 0 Å². The van der Waals surface area contributed by atoms with Crippen LogP contribution in [0.4, 0.5) is 0 Å². The first-order chi connectivity index (χ1) is 21.7. The third kappa shape index (κ3) is 43.0. The molecule has 0 saturated carbocycles. The van der Waals surface area contributed by atoms with Gasteiger partial charge in [-0.1, -0.05) is 206 Å². The van der Waals surface area contributed by atoms with Gasteiger partial charge in [-0.15, -0.1) is 0 Å². The molecule has 0 amide bonds. The molecule has 45 heavy (non-hydrogen) atoms. The average Bonchev–Trinajstić information content (AvgIpc) is 3.02. The normalized spacial score (nSPS) is 11.4. The molecule has 0 spiro atoms. The smallest absolute Gasteiger partial charge is 0.550 e. The molecule has 4 heteroatoms. The Morgan fingerprint density at radius 2 is 0.556 bits per heavy atom. The summed E-state index contributed by atoms with van der Waals surface area (Å²) in [6, 6.07) is 0. The maximum atomic E-state index is 10.8. The zero-order valence-electron chi connectivity index (χ0n) is 31.6. The summed E-state index contributed by atoms with van der Waals surface area (Å²) in [6.45, 7) is 8.05. The van der Waals surface area contributed by atoms with Gasteiger partial charge < -0.3 is 14.8 Å². The van der Waals surface area contributed by atoms with E-state index in [-0.39, 0.29) is 57.8 Å². The fourth-order valence-electron chi connectivity index (χ4n) is 6.71. The minimum atomic E-state index is -0.896. The number of carboxylic acid groups (broad SMARTS) is 1. The van der Waals surface area contributed by atoms with Crippen LogP contribution in [0.2, 0.25) is 0 Å². The summed E-state index contributed by atoms with van der Waals surface area (Å²) in [7, 11) is 0. The molecule has 0 rings (SSSR count). The zero-order chi connectivity index (χ0) is 32.0. The molecule has 0 atom stereocenters. The first-order valence-electron chi connectivity index (χ1n) is 20.6. The van der Waals surface area contributed by atoms with Gasteiger partial charge in [0.15, 0.2) is 0 Å². The molecule has 0 aromatic heterocycles. The van der Waals surface area contributed by atoms with Crippen molar-refractivity contribution in [2.75, 3.05) is 19.6 Å². The molecule has 264 valence electrons. The van der Waals surface area contributed by atoms with Gasteiger partial charge in [-0.2, -0.15) is 0 Å². The van der Waals surface area contributed by atoms with Crippen LogP contribution in [0.3, 0.4) is 0 Å². The molecule has 0 aliphatic rings. The Kier molecular flexibility index (Phi) is 46.1. The van der Waals surface area contributed by atoms with E-state index < -0.39 is 5.97 Å². The van der Waals surface area contributed by atoms with Crippen LogP contribution in [-0.2, 0) is 4.79 Å². The van der Waals surface area contributed by atoms with E-state index in [2.05, 4.69) is 18.7 Å². The molecule has 3 nitrogen and oxygen atoms in total.